The van der Waals surface area contributed by atoms with Crippen molar-refractivity contribution in [1.29, 1.82) is 0 Å². The highest BCUT2D eigenvalue weighted by molar-refractivity contribution is 9.10. The molecule has 1 aliphatic rings. The van der Waals surface area contributed by atoms with Crippen molar-refractivity contribution in [2.75, 3.05) is 19.7 Å². The molecule has 0 aliphatic carbocycles. The van der Waals surface area contributed by atoms with Gasteiger partial charge in [0.05, 0.1) is 17.1 Å². The largest absolute Gasteiger partial charge is 0.461 e. The molecule has 7 nitrogen and oxygen atoms in total. The Kier molecular flexibility index (Phi) is 5.90. The smallest absolute Gasteiger partial charge is 0.410 e. The normalized spacial score (nSPS) is 16.1. The lowest BCUT2D eigenvalue weighted by atomic mass is 10.1. The number of hydrogen-bond donors (Lipinski definition) is 0. The third-order valence-electron chi connectivity index (χ3n) is 3.65. The molecule has 1 fully saturated rings. The van der Waals surface area contributed by atoms with Crippen LogP contribution in [-0.2, 0) is 9.47 Å². The van der Waals surface area contributed by atoms with Crippen molar-refractivity contribution in [3.05, 3.63) is 16.4 Å². The molecule has 1 amide bonds. The molecule has 24 heavy (non-hydrogen) atoms. The fourth-order valence-electron chi connectivity index (χ4n) is 2.53. The number of rotatable bonds is 3. The van der Waals surface area contributed by atoms with Crippen molar-refractivity contribution in [2.24, 2.45) is 0 Å². The number of carbonyl (C=O) groups excluding carboxylic acids is 2. The lowest BCUT2D eigenvalue weighted by molar-refractivity contribution is 0.0184. The van der Waals surface area contributed by atoms with Crippen LogP contribution in [0.25, 0.3) is 0 Å². The number of aromatic nitrogens is 2. The third kappa shape index (κ3) is 4.72. The van der Waals surface area contributed by atoms with Crippen molar-refractivity contribution in [1.82, 2.24) is 14.7 Å². The van der Waals surface area contributed by atoms with Gasteiger partial charge in [0.2, 0.25) is 0 Å². The van der Waals surface area contributed by atoms with Crippen LogP contribution in [0.3, 0.4) is 0 Å². The maximum absolute atomic E-state index is 12.1. The summed E-state index contributed by atoms with van der Waals surface area (Å²) in [7, 11) is 0. The number of carbonyl (C=O) groups is 2. The van der Waals surface area contributed by atoms with Crippen molar-refractivity contribution in [3.8, 4) is 0 Å². The first-order chi connectivity index (χ1) is 11.2. The summed E-state index contributed by atoms with van der Waals surface area (Å²) in [5, 5.41) is 4.34. The van der Waals surface area contributed by atoms with Gasteiger partial charge >= 0.3 is 12.1 Å². The summed E-state index contributed by atoms with van der Waals surface area (Å²) in [5.41, 5.74) is -0.207. The van der Waals surface area contributed by atoms with Gasteiger partial charge in [0, 0.05) is 19.3 Å². The standard InChI is InChI=1S/C16H24BrN3O4/c1-5-23-14(21)13-12(17)10-20(18-13)11-6-8-19(9-7-11)15(22)24-16(2,3)4/h10-11H,5-9H2,1-4H3. The Morgan fingerprint density at radius 2 is 1.96 bits per heavy atom. The van der Waals surface area contributed by atoms with Gasteiger partial charge in [-0.15, -0.1) is 0 Å². The van der Waals surface area contributed by atoms with E-state index in [9.17, 15) is 9.59 Å². The fourth-order valence-corrected chi connectivity index (χ4v) is 2.98. The SMILES string of the molecule is CCOC(=O)c1nn(C2CCN(C(=O)OC(C)(C)C)CC2)cc1Br. The van der Waals surface area contributed by atoms with Gasteiger partial charge in [-0.1, -0.05) is 0 Å². The summed E-state index contributed by atoms with van der Waals surface area (Å²) < 4.78 is 12.8. The van der Waals surface area contributed by atoms with E-state index >= 15 is 0 Å². The summed E-state index contributed by atoms with van der Waals surface area (Å²) in [6.45, 7) is 8.85. The number of halogens is 1. The Labute approximate surface area is 150 Å². The summed E-state index contributed by atoms with van der Waals surface area (Å²) >= 11 is 3.35. The van der Waals surface area contributed by atoms with Gasteiger partial charge in [0.15, 0.2) is 5.69 Å². The molecule has 134 valence electrons. The second kappa shape index (κ2) is 7.55. The predicted molar refractivity (Wildman–Crippen MR) is 92.0 cm³/mol. The summed E-state index contributed by atoms with van der Waals surface area (Å²) in [6.07, 6.45) is 3.03. The highest BCUT2D eigenvalue weighted by Gasteiger charge is 2.29. The van der Waals surface area contributed by atoms with Crippen LogP contribution < -0.4 is 0 Å². The third-order valence-corrected chi connectivity index (χ3v) is 4.23. The zero-order valence-electron chi connectivity index (χ0n) is 14.5. The van der Waals surface area contributed by atoms with Gasteiger partial charge in [-0.2, -0.15) is 5.10 Å². The average Bonchev–Trinajstić information content (AvgIpc) is 2.88. The van der Waals surface area contributed by atoms with Crippen LogP contribution in [0, 0.1) is 0 Å². The van der Waals surface area contributed by atoms with Crippen LogP contribution in [0.15, 0.2) is 10.7 Å². The van der Waals surface area contributed by atoms with E-state index in [0.717, 1.165) is 12.8 Å². The monoisotopic (exact) mass is 401 g/mol. The molecule has 0 aromatic carbocycles. The van der Waals surface area contributed by atoms with Crippen LogP contribution in [0.5, 0.6) is 0 Å². The van der Waals surface area contributed by atoms with Crippen LogP contribution in [0.1, 0.15) is 57.1 Å². The fraction of sp³-hybridized carbons (Fsp3) is 0.688. The van der Waals surface area contributed by atoms with E-state index in [1.807, 2.05) is 20.8 Å². The van der Waals surface area contributed by atoms with Gasteiger partial charge in [0.25, 0.3) is 0 Å². The first-order valence-corrected chi connectivity index (χ1v) is 8.90. The first-order valence-electron chi connectivity index (χ1n) is 8.11. The molecule has 2 rings (SSSR count). The predicted octanol–water partition coefficient (Wildman–Crippen LogP) is 3.39. The highest BCUT2D eigenvalue weighted by atomic mass is 79.9. The second-order valence-corrected chi connectivity index (χ2v) is 7.58. The molecule has 0 bridgehead atoms. The quantitative estimate of drug-likeness (QED) is 0.725. The topological polar surface area (TPSA) is 73.7 Å². The van der Waals surface area contributed by atoms with Crippen molar-refractivity contribution in [2.45, 2.75) is 52.2 Å². The summed E-state index contributed by atoms with van der Waals surface area (Å²) in [4.78, 5) is 25.6. The first kappa shape index (κ1) is 18.8. The Morgan fingerprint density at radius 1 is 1.33 bits per heavy atom. The van der Waals surface area contributed by atoms with Crippen LogP contribution in [0.2, 0.25) is 0 Å². The maximum Gasteiger partial charge on any atom is 0.410 e. The van der Waals surface area contributed by atoms with E-state index in [-0.39, 0.29) is 17.8 Å². The van der Waals surface area contributed by atoms with E-state index in [0.29, 0.717) is 24.2 Å². The van der Waals surface area contributed by atoms with Crippen LogP contribution in [-0.4, -0.2) is 52.0 Å². The number of nitrogens with zero attached hydrogens (tertiary/aromatic N) is 3. The second-order valence-electron chi connectivity index (χ2n) is 6.72. The Morgan fingerprint density at radius 3 is 2.50 bits per heavy atom. The van der Waals surface area contributed by atoms with Gasteiger partial charge in [-0.05, 0) is 56.5 Å². The molecular formula is C16H24BrN3O4. The Balaban J connectivity index is 1.96. The molecular weight excluding hydrogens is 378 g/mol. The molecule has 0 saturated carbocycles. The average molecular weight is 402 g/mol. The summed E-state index contributed by atoms with van der Waals surface area (Å²) in [6, 6.07) is 0.142. The van der Waals surface area contributed by atoms with Crippen molar-refractivity contribution in [3.63, 3.8) is 0 Å². The lowest BCUT2D eigenvalue weighted by Crippen LogP contribution is -2.42. The molecule has 0 spiro atoms. The minimum absolute atomic E-state index is 0.142. The number of likely N-dealkylation sites (tertiary alicyclic amines) is 1. The van der Waals surface area contributed by atoms with E-state index in [2.05, 4.69) is 21.0 Å². The van der Waals surface area contributed by atoms with Crippen molar-refractivity contribution >= 4 is 28.0 Å². The van der Waals surface area contributed by atoms with Crippen LogP contribution in [0.4, 0.5) is 4.79 Å². The van der Waals surface area contributed by atoms with E-state index in [1.54, 1.807) is 22.7 Å². The number of esters is 1. The number of piperidine rings is 1. The zero-order valence-corrected chi connectivity index (χ0v) is 16.1. The minimum atomic E-state index is -0.491. The lowest BCUT2D eigenvalue weighted by Gasteiger charge is -2.33. The molecule has 1 aromatic heterocycles. The number of ether oxygens (including phenoxy) is 2. The maximum atomic E-state index is 12.1. The van der Waals surface area contributed by atoms with E-state index in [4.69, 9.17) is 9.47 Å². The minimum Gasteiger partial charge on any atom is -0.461 e. The molecule has 8 heteroatoms. The number of hydrogen-bond acceptors (Lipinski definition) is 5. The van der Waals surface area contributed by atoms with E-state index < -0.39 is 11.6 Å². The molecule has 0 atom stereocenters. The molecule has 1 aliphatic heterocycles. The summed E-state index contributed by atoms with van der Waals surface area (Å²) in [5.74, 6) is -0.436. The zero-order chi connectivity index (χ0) is 17.9. The molecule has 0 radical (unpaired) electrons. The van der Waals surface area contributed by atoms with Gasteiger partial charge in [-0.3, -0.25) is 4.68 Å². The van der Waals surface area contributed by atoms with Crippen molar-refractivity contribution < 1.29 is 19.1 Å². The Bertz CT molecular complexity index is 601. The Hall–Kier alpha value is -1.57. The molecule has 0 N–H and O–H groups in total. The molecule has 1 saturated heterocycles. The number of amides is 1. The molecule has 1 aromatic rings. The van der Waals surface area contributed by atoms with Gasteiger partial charge in [-0.25, -0.2) is 9.59 Å². The van der Waals surface area contributed by atoms with Gasteiger partial charge in [0.1, 0.15) is 5.60 Å². The van der Waals surface area contributed by atoms with Crippen LogP contribution >= 0.6 is 15.9 Å². The highest BCUT2D eigenvalue weighted by Crippen LogP contribution is 2.26. The van der Waals surface area contributed by atoms with E-state index in [1.165, 1.54) is 0 Å². The molecule has 0 unspecified atom stereocenters. The molecule has 2 heterocycles. The van der Waals surface area contributed by atoms with Gasteiger partial charge < -0.3 is 14.4 Å².